The highest BCUT2D eigenvalue weighted by atomic mass is 127. The summed E-state index contributed by atoms with van der Waals surface area (Å²) in [5.74, 6) is 1.18. The predicted octanol–water partition coefficient (Wildman–Crippen LogP) is 8.61. The molecule has 0 spiro atoms. The molecule has 4 aromatic carbocycles. The first-order valence-corrected chi connectivity index (χ1v) is 14.7. The van der Waals surface area contributed by atoms with Gasteiger partial charge in [-0.05, 0) is 109 Å². The molecule has 40 heavy (non-hydrogen) atoms. The highest BCUT2D eigenvalue weighted by molar-refractivity contribution is 14.1. The van der Waals surface area contributed by atoms with E-state index in [2.05, 4.69) is 53.8 Å². The molecule has 0 saturated carbocycles. The van der Waals surface area contributed by atoms with Gasteiger partial charge in [-0.1, -0.05) is 65.2 Å². The molecule has 0 radical (unpaired) electrons. The van der Waals surface area contributed by atoms with Gasteiger partial charge in [0.15, 0.2) is 16.7 Å². The Balaban J connectivity index is 1.46. The monoisotopic (exact) mass is 660 g/mol. The smallest absolute Gasteiger partial charge is 0.271 e. The van der Waals surface area contributed by atoms with Crippen LogP contribution < -0.4 is 14.4 Å². The number of anilines is 1. The van der Waals surface area contributed by atoms with Gasteiger partial charge in [0.2, 0.25) is 0 Å². The Morgan fingerprint density at radius 3 is 2.10 bits per heavy atom. The maximum atomic E-state index is 13.7. The van der Waals surface area contributed by atoms with Crippen molar-refractivity contribution < 1.29 is 14.3 Å². The van der Waals surface area contributed by atoms with Crippen molar-refractivity contribution in [3.05, 3.63) is 121 Å². The largest absolute Gasteiger partial charge is 0.493 e. The van der Waals surface area contributed by atoms with Gasteiger partial charge in [-0.15, -0.1) is 0 Å². The molecular weight excluding hydrogens is 631 g/mol. The molecular formula is C33H29IN2O3S. The van der Waals surface area contributed by atoms with Crippen molar-refractivity contribution >= 4 is 62.9 Å². The Morgan fingerprint density at radius 2 is 1.48 bits per heavy atom. The van der Waals surface area contributed by atoms with Crippen molar-refractivity contribution in [3.8, 4) is 11.5 Å². The van der Waals surface area contributed by atoms with Gasteiger partial charge in [0.1, 0.15) is 6.61 Å². The summed E-state index contributed by atoms with van der Waals surface area (Å²) in [5, 5.41) is 0.615. The fraction of sp³-hybridized carbons (Fsp3) is 0.152. The predicted molar refractivity (Wildman–Crippen MR) is 174 cm³/mol. The summed E-state index contributed by atoms with van der Waals surface area (Å²) in [7, 11) is 1.63. The third-order valence-corrected chi connectivity index (χ3v) is 8.18. The third-order valence-electron chi connectivity index (χ3n) is 6.41. The number of aliphatic imine (C=N–C) groups is 1. The number of carbonyl (C=O) groups excluding carboxylic acids is 1. The zero-order chi connectivity index (χ0) is 28.2. The van der Waals surface area contributed by atoms with E-state index < -0.39 is 0 Å². The number of amides is 1. The number of nitrogens with zero attached hydrogens (tertiary/aromatic N) is 2. The van der Waals surface area contributed by atoms with Crippen LogP contribution in [0.3, 0.4) is 0 Å². The number of aryl methyl sites for hydroxylation is 3. The highest BCUT2D eigenvalue weighted by Gasteiger charge is 2.35. The SMILES string of the molecule is COc1cc(/C=C2\SC(=Nc3ccc(C)cc3)N(c3ccc(C)cc3)C2=O)cc(I)c1OCc1ccc(C)cc1. The van der Waals surface area contributed by atoms with Gasteiger partial charge in [-0.25, -0.2) is 4.99 Å². The number of amidine groups is 1. The molecule has 0 unspecified atom stereocenters. The molecule has 0 aliphatic carbocycles. The van der Waals surface area contributed by atoms with Crippen LogP contribution in [0.5, 0.6) is 11.5 Å². The normalized spacial score (nSPS) is 15.2. The van der Waals surface area contributed by atoms with Gasteiger partial charge >= 0.3 is 0 Å². The van der Waals surface area contributed by atoms with Crippen molar-refractivity contribution in [2.24, 2.45) is 4.99 Å². The lowest BCUT2D eigenvalue weighted by atomic mass is 10.1. The van der Waals surface area contributed by atoms with Crippen molar-refractivity contribution in [2.45, 2.75) is 27.4 Å². The van der Waals surface area contributed by atoms with Crippen LogP contribution in [0, 0.1) is 24.3 Å². The summed E-state index contributed by atoms with van der Waals surface area (Å²) in [6.45, 7) is 6.57. The first-order valence-electron chi connectivity index (χ1n) is 12.8. The number of benzene rings is 4. The number of halogens is 1. The maximum absolute atomic E-state index is 13.7. The Bertz CT molecular complexity index is 1600. The molecule has 1 aliphatic rings. The minimum absolute atomic E-state index is 0.117. The van der Waals surface area contributed by atoms with E-state index in [0.29, 0.717) is 28.2 Å². The number of rotatable bonds is 7. The van der Waals surface area contributed by atoms with Gasteiger partial charge in [0, 0.05) is 0 Å². The molecule has 0 atom stereocenters. The fourth-order valence-corrected chi connectivity index (χ4v) is 5.94. The third kappa shape index (κ3) is 6.42. The molecule has 1 fully saturated rings. The van der Waals surface area contributed by atoms with Gasteiger partial charge in [-0.2, -0.15) is 0 Å². The molecule has 5 rings (SSSR count). The van der Waals surface area contributed by atoms with Crippen molar-refractivity contribution in [3.63, 3.8) is 0 Å². The van der Waals surface area contributed by atoms with Gasteiger partial charge in [0.05, 0.1) is 27.0 Å². The second-order valence-corrected chi connectivity index (χ2v) is 11.8. The Labute approximate surface area is 253 Å². The van der Waals surface area contributed by atoms with Crippen LogP contribution in [0.1, 0.15) is 27.8 Å². The fourth-order valence-electron chi connectivity index (χ4n) is 4.15. The average Bonchev–Trinajstić information content (AvgIpc) is 3.24. The molecule has 5 nitrogen and oxygen atoms in total. The lowest BCUT2D eigenvalue weighted by Crippen LogP contribution is -2.28. The number of thioether (sulfide) groups is 1. The minimum Gasteiger partial charge on any atom is -0.493 e. The van der Waals surface area contributed by atoms with E-state index in [1.165, 1.54) is 17.3 Å². The van der Waals surface area contributed by atoms with Crippen LogP contribution in [-0.2, 0) is 11.4 Å². The number of hydrogen-bond donors (Lipinski definition) is 0. The highest BCUT2D eigenvalue weighted by Crippen LogP contribution is 2.40. The summed E-state index contributed by atoms with van der Waals surface area (Å²) in [4.78, 5) is 20.8. The quantitative estimate of drug-likeness (QED) is 0.147. The average molecular weight is 661 g/mol. The van der Waals surface area contributed by atoms with E-state index in [1.54, 1.807) is 12.0 Å². The number of carbonyl (C=O) groups is 1. The van der Waals surface area contributed by atoms with Crippen LogP contribution in [-0.4, -0.2) is 18.2 Å². The zero-order valence-electron chi connectivity index (χ0n) is 22.8. The van der Waals surface area contributed by atoms with Crippen LogP contribution in [0.15, 0.2) is 94.8 Å². The summed E-state index contributed by atoms with van der Waals surface area (Å²) in [6, 6.07) is 28.0. The molecule has 202 valence electrons. The molecule has 1 saturated heterocycles. The van der Waals surface area contributed by atoms with Crippen LogP contribution in [0.25, 0.3) is 6.08 Å². The molecule has 1 heterocycles. The van der Waals surface area contributed by atoms with E-state index >= 15 is 0 Å². The zero-order valence-corrected chi connectivity index (χ0v) is 25.7. The summed E-state index contributed by atoms with van der Waals surface area (Å²) in [6.07, 6.45) is 1.89. The minimum atomic E-state index is -0.117. The van der Waals surface area contributed by atoms with E-state index in [-0.39, 0.29) is 5.91 Å². The lowest BCUT2D eigenvalue weighted by Gasteiger charge is -2.16. The van der Waals surface area contributed by atoms with Crippen molar-refractivity contribution in [2.75, 3.05) is 12.0 Å². The Kier molecular flexibility index (Phi) is 8.61. The van der Waals surface area contributed by atoms with E-state index in [1.807, 2.05) is 80.6 Å². The Morgan fingerprint density at radius 1 is 0.875 bits per heavy atom. The van der Waals surface area contributed by atoms with Crippen LogP contribution in [0.2, 0.25) is 0 Å². The topological polar surface area (TPSA) is 51.1 Å². The van der Waals surface area contributed by atoms with Crippen LogP contribution in [0.4, 0.5) is 11.4 Å². The first-order chi connectivity index (χ1) is 19.3. The second kappa shape index (κ2) is 12.3. The summed E-state index contributed by atoms with van der Waals surface area (Å²) >= 11 is 3.62. The molecule has 0 aromatic heterocycles. The van der Waals surface area contributed by atoms with Gasteiger partial charge in [-0.3, -0.25) is 9.69 Å². The summed E-state index contributed by atoms with van der Waals surface area (Å²) in [5.41, 5.74) is 7.00. The number of hydrogen-bond acceptors (Lipinski definition) is 5. The number of methoxy groups -OCH3 is 1. The van der Waals surface area contributed by atoms with E-state index in [9.17, 15) is 4.79 Å². The standard InChI is InChI=1S/C33H29IN2O3S/c1-21-5-11-24(12-6-21)20-39-31-28(34)17-25(18-29(31)38-4)19-30-32(37)36(27-15-9-23(3)10-16-27)33(40-30)35-26-13-7-22(2)8-14-26/h5-19H,20H2,1-4H3/b30-19-,35-33?. The molecule has 1 aliphatic heterocycles. The van der Waals surface area contributed by atoms with Gasteiger partial charge in [0.25, 0.3) is 5.91 Å². The first kappa shape index (κ1) is 28.0. The molecule has 1 amide bonds. The van der Waals surface area contributed by atoms with E-state index in [4.69, 9.17) is 14.5 Å². The molecule has 7 heteroatoms. The summed E-state index contributed by atoms with van der Waals surface area (Å²) < 4.78 is 12.7. The van der Waals surface area contributed by atoms with Gasteiger partial charge < -0.3 is 9.47 Å². The van der Waals surface area contributed by atoms with E-state index in [0.717, 1.165) is 37.2 Å². The molecule has 0 bridgehead atoms. The second-order valence-electron chi connectivity index (χ2n) is 9.63. The maximum Gasteiger partial charge on any atom is 0.271 e. The molecule has 0 N–H and O–H groups in total. The lowest BCUT2D eigenvalue weighted by molar-refractivity contribution is -0.113. The Hall–Kier alpha value is -3.56. The van der Waals surface area contributed by atoms with Crippen molar-refractivity contribution in [1.29, 1.82) is 0 Å². The van der Waals surface area contributed by atoms with Crippen molar-refractivity contribution in [1.82, 2.24) is 0 Å². The van der Waals surface area contributed by atoms with Crippen LogP contribution >= 0.6 is 34.4 Å². The number of ether oxygens (including phenoxy) is 2. The molecule has 4 aromatic rings.